The number of aryl methyl sites for hydroxylation is 1. The highest BCUT2D eigenvalue weighted by molar-refractivity contribution is 7.05. The Kier molecular flexibility index (Phi) is 4.06. The van der Waals surface area contributed by atoms with E-state index >= 15 is 0 Å². The average Bonchev–Trinajstić information content (AvgIpc) is 2.75. The van der Waals surface area contributed by atoms with Crippen molar-refractivity contribution in [3.8, 4) is 0 Å². The third-order valence-corrected chi connectivity index (χ3v) is 3.89. The first kappa shape index (κ1) is 12.4. The summed E-state index contributed by atoms with van der Waals surface area (Å²) in [7, 11) is 0. The maximum Gasteiger partial charge on any atom is 0.0773 e. The molecule has 0 fully saturated rings. The van der Waals surface area contributed by atoms with Gasteiger partial charge < -0.3 is 0 Å². The summed E-state index contributed by atoms with van der Waals surface area (Å²) in [5.74, 6) is 5.59. The first-order valence-corrected chi connectivity index (χ1v) is 6.36. The van der Waals surface area contributed by atoms with E-state index in [-0.39, 0.29) is 6.04 Å². The molecule has 90 valence electrons. The molecule has 17 heavy (non-hydrogen) atoms. The number of benzene rings is 1. The first-order chi connectivity index (χ1) is 8.22. The van der Waals surface area contributed by atoms with Crippen LogP contribution < -0.4 is 11.3 Å². The molecule has 0 bridgehead atoms. The molecule has 0 saturated carbocycles. The van der Waals surface area contributed by atoms with Gasteiger partial charge in [-0.05, 0) is 36.5 Å². The summed E-state index contributed by atoms with van der Waals surface area (Å²) in [4.78, 5) is 1.05. The van der Waals surface area contributed by atoms with Crippen LogP contribution in [0.3, 0.4) is 0 Å². The van der Waals surface area contributed by atoms with E-state index in [4.69, 9.17) is 17.4 Å². The van der Waals surface area contributed by atoms with Gasteiger partial charge in [0.25, 0.3) is 0 Å². The van der Waals surface area contributed by atoms with Crippen molar-refractivity contribution in [2.45, 2.75) is 19.4 Å². The monoisotopic (exact) mass is 268 g/mol. The Morgan fingerprint density at radius 2 is 2.24 bits per heavy atom. The van der Waals surface area contributed by atoms with E-state index in [2.05, 4.69) is 15.0 Å². The van der Waals surface area contributed by atoms with Crippen LogP contribution in [-0.2, 0) is 6.42 Å². The summed E-state index contributed by atoms with van der Waals surface area (Å²) >= 11 is 7.49. The van der Waals surface area contributed by atoms with Crippen LogP contribution in [-0.4, -0.2) is 9.59 Å². The van der Waals surface area contributed by atoms with E-state index in [1.54, 1.807) is 0 Å². The lowest BCUT2D eigenvalue weighted by molar-refractivity contribution is 0.557. The Hall–Kier alpha value is -1.01. The highest BCUT2D eigenvalue weighted by atomic mass is 35.5. The van der Waals surface area contributed by atoms with Crippen molar-refractivity contribution in [3.05, 3.63) is 45.4 Å². The van der Waals surface area contributed by atoms with Crippen molar-refractivity contribution in [2.75, 3.05) is 0 Å². The van der Waals surface area contributed by atoms with Gasteiger partial charge in [-0.1, -0.05) is 34.3 Å². The third kappa shape index (κ3) is 2.81. The van der Waals surface area contributed by atoms with Crippen molar-refractivity contribution in [1.29, 1.82) is 0 Å². The fraction of sp³-hybridized carbons (Fsp3) is 0.273. The fourth-order valence-electron chi connectivity index (χ4n) is 1.67. The maximum absolute atomic E-state index is 6.13. The molecule has 1 unspecified atom stereocenters. The molecule has 0 saturated heterocycles. The van der Waals surface area contributed by atoms with E-state index in [1.165, 1.54) is 11.5 Å². The van der Waals surface area contributed by atoms with Crippen LogP contribution in [0.15, 0.2) is 24.3 Å². The topological polar surface area (TPSA) is 63.8 Å². The molecule has 2 rings (SSSR count). The van der Waals surface area contributed by atoms with Crippen LogP contribution in [0.1, 0.15) is 22.2 Å². The fourth-order valence-corrected chi connectivity index (χ4v) is 2.58. The van der Waals surface area contributed by atoms with Gasteiger partial charge >= 0.3 is 0 Å². The zero-order valence-electron chi connectivity index (χ0n) is 9.35. The van der Waals surface area contributed by atoms with Gasteiger partial charge in [0.15, 0.2) is 0 Å². The Morgan fingerprint density at radius 1 is 1.47 bits per heavy atom. The summed E-state index contributed by atoms with van der Waals surface area (Å²) < 4.78 is 3.92. The molecular weight excluding hydrogens is 256 g/mol. The molecule has 0 aliphatic rings. The molecule has 0 radical (unpaired) electrons. The number of nitrogens with two attached hydrogens (primary N) is 1. The standard InChI is InChI=1S/C11H13ClN4S/c1-7-11(17-16-15-7)10(14-13)6-8-4-2-3-5-9(8)12/h2-5,10,14H,6,13H2,1H3. The average molecular weight is 269 g/mol. The molecule has 1 aromatic heterocycles. The lowest BCUT2D eigenvalue weighted by Gasteiger charge is -2.15. The number of hydrogen-bond acceptors (Lipinski definition) is 5. The molecule has 1 aromatic carbocycles. The minimum absolute atomic E-state index is 0.00472. The molecule has 6 heteroatoms. The van der Waals surface area contributed by atoms with Crippen molar-refractivity contribution in [1.82, 2.24) is 15.0 Å². The summed E-state index contributed by atoms with van der Waals surface area (Å²) in [6, 6.07) is 7.75. The summed E-state index contributed by atoms with van der Waals surface area (Å²) in [5, 5.41) is 4.74. The molecule has 2 aromatic rings. The number of rotatable bonds is 4. The minimum atomic E-state index is -0.00472. The predicted molar refractivity (Wildman–Crippen MR) is 69.9 cm³/mol. The zero-order valence-corrected chi connectivity index (χ0v) is 10.9. The van der Waals surface area contributed by atoms with E-state index in [9.17, 15) is 0 Å². The van der Waals surface area contributed by atoms with Gasteiger partial charge in [0, 0.05) is 5.02 Å². The second kappa shape index (κ2) is 5.55. The van der Waals surface area contributed by atoms with Gasteiger partial charge in [0.1, 0.15) is 0 Å². The van der Waals surface area contributed by atoms with Crippen molar-refractivity contribution >= 4 is 23.1 Å². The van der Waals surface area contributed by atoms with Crippen molar-refractivity contribution < 1.29 is 0 Å². The second-order valence-electron chi connectivity index (χ2n) is 3.74. The Labute approximate surface area is 109 Å². The predicted octanol–water partition coefficient (Wildman–Crippen LogP) is 2.25. The lowest BCUT2D eigenvalue weighted by Crippen LogP contribution is -2.29. The number of hydrogen-bond donors (Lipinski definition) is 2. The van der Waals surface area contributed by atoms with Crippen LogP contribution in [0, 0.1) is 6.92 Å². The van der Waals surface area contributed by atoms with Crippen molar-refractivity contribution in [3.63, 3.8) is 0 Å². The number of nitrogens with zero attached hydrogens (tertiary/aromatic N) is 2. The SMILES string of the molecule is Cc1nnsc1C(Cc1ccccc1Cl)NN. The summed E-state index contributed by atoms with van der Waals surface area (Å²) in [5.41, 5.74) is 4.76. The van der Waals surface area contributed by atoms with Crippen LogP contribution in [0.4, 0.5) is 0 Å². The number of hydrazine groups is 1. The highest BCUT2D eigenvalue weighted by Gasteiger charge is 2.17. The van der Waals surface area contributed by atoms with Gasteiger partial charge in [-0.25, -0.2) is 0 Å². The van der Waals surface area contributed by atoms with Crippen LogP contribution >= 0.6 is 23.1 Å². The Morgan fingerprint density at radius 3 is 2.82 bits per heavy atom. The number of nitrogens with one attached hydrogen (secondary N) is 1. The second-order valence-corrected chi connectivity index (χ2v) is 4.93. The van der Waals surface area contributed by atoms with Crippen LogP contribution in [0.25, 0.3) is 0 Å². The minimum Gasteiger partial charge on any atom is -0.271 e. The molecule has 0 aliphatic carbocycles. The van der Waals surface area contributed by atoms with E-state index in [0.29, 0.717) is 0 Å². The lowest BCUT2D eigenvalue weighted by atomic mass is 10.0. The van der Waals surface area contributed by atoms with Gasteiger partial charge in [0.05, 0.1) is 16.6 Å². The zero-order chi connectivity index (χ0) is 12.3. The highest BCUT2D eigenvalue weighted by Crippen LogP contribution is 2.26. The van der Waals surface area contributed by atoms with Gasteiger partial charge in [-0.3, -0.25) is 11.3 Å². The normalized spacial score (nSPS) is 12.6. The first-order valence-electron chi connectivity index (χ1n) is 5.20. The largest absolute Gasteiger partial charge is 0.271 e. The Bertz CT molecular complexity index is 500. The van der Waals surface area contributed by atoms with E-state index in [0.717, 1.165) is 27.6 Å². The van der Waals surface area contributed by atoms with Crippen molar-refractivity contribution in [2.24, 2.45) is 5.84 Å². The molecule has 0 amide bonds. The summed E-state index contributed by atoms with van der Waals surface area (Å²) in [6.45, 7) is 1.93. The molecule has 0 aliphatic heterocycles. The Balaban J connectivity index is 2.22. The summed E-state index contributed by atoms with van der Waals surface area (Å²) in [6.07, 6.45) is 0.723. The van der Waals surface area contributed by atoms with Gasteiger partial charge in [-0.15, -0.1) is 5.10 Å². The van der Waals surface area contributed by atoms with E-state index < -0.39 is 0 Å². The van der Waals surface area contributed by atoms with Gasteiger partial charge in [-0.2, -0.15) is 0 Å². The quantitative estimate of drug-likeness (QED) is 0.659. The third-order valence-electron chi connectivity index (χ3n) is 2.59. The molecule has 4 nitrogen and oxygen atoms in total. The number of aromatic nitrogens is 2. The molecule has 3 N–H and O–H groups in total. The van der Waals surface area contributed by atoms with Crippen LogP contribution in [0.5, 0.6) is 0 Å². The molecule has 0 spiro atoms. The molecular formula is C11H13ClN4S. The molecule has 1 atom stereocenters. The molecule has 1 heterocycles. The van der Waals surface area contributed by atoms with Crippen LogP contribution in [0.2, 0.25) is 5.02 Å². The smallest absolute Gasteiger partial charge is 0.0773 e. The van der Waals surface area contributed by atoms with Gasteiger partial charge in [0.2, 0.25) is 0 Å². The number of halogens is 1. The van der Waals surface area contributed by atoms with E-state index in [1.807, 2.05) is 31.2 Å². The maximum atomic E-state index is 6.13.